The molecule has 12 nitrogen and oxygen atoms in total. The van der Waals surface area contributed by atoms with E-state index in [2.05, 4.69) is 23.7 Å². The maximum Gasteiger partial charge on any atom is 0.303 e. The second-order valence-corrected chi connectivity index (χ2v) is 10.4. The van der Waals surface area contributed by atoms with Crippen molar-refractivity contribution in [3.63, 3.8) is 0 Å². The molecule has 0 aliphatic carbocycles. The fourth-order valence-corrected chi connectivity index (χ4v) is 3.66. The van der Waals surface area contributed by atoms with Crippen LogP contribution in [0.25, 0.3) is 0 Å². The van der Waals surface area contributed by atoms with Crippen molar-refractivity contribution in [2.24, 2.45) is 0 Å². The number of hydrogen-bond donors (Lipinski definition) is 0. The lowest BCUT2D eigenvalue weighted by molar-refractivity contribution is -0.216. The highest BCUT2D eigenvalue weighted by atomic mass is 16.7. The number of carbonyl (C=O) groups is 4. The van der Waals surface area contributed by atoms with Crippen molar-refractivity contribution in [1.82, 2.24) is 0 Å². The molecule has 0 aromatic heterocycles. The Labute approximate surface area is 245 Å². The van der Waals surface area contributed by atoms with Crippen LogP contribution < -0.4 is 0 Å². The van der Waals surface area contributed by atoms with Gasteiger partial charge in [0.25, 0.3) is 0 Å². The van der Waals surface area contributed by atoms with Gasteiger partial charge in [-0.1, -0.05) is 11.8 Å². The Bertz CT molecular complexity index is 1080. The van der Waals surface area contributed by atoms with E-state index in [0.29, 0.717) is 0 Å². The highest BCUT2D eigenvalue weighted by Gasteiger charge is 2.34. The number of hydrogen-bond acceptors (Lipinski definition) is 12. The average Bonchev–Trinajstić information content (AvgIpc) is 2.85. The molecule has 2 aliphatic heterocycles. The molecule has 42 heavy (non-hydrogen) atoms. The van der Waals surface area contributed by atoms with Gasteiger partial charge in [-0.2, -0.15) is 0 Å². The lowest BCUT2D eigenvalue weighted by Crippen LogP contribution is -2.44. The molecule has 0 fully saturated rings. The Morgan fingerprint density at radius 2 is 0.976 bits per heavy atom. The van der Waals surface area contributed by atoms with Gasteiger partial charge < -0.3 is 37.9 Å². The van der Waals surface area contributed by atoms with E-state index in [9.17, 15) is 19.2 Å². The van der Waals surface area contributed by atoms with Crippen LogP contribution in [0, 0.1) is 23.7 Å². The monoisotopic (exact) mass is 590 g/mol. The van der Waals surface area contributed by atoms with E-state index < -0.39 is 72.1 Å². The van der Waals surface area contributed by atoms with Gasteiger partial charge in [-0.15, -0.1) is 0 Å². The van der Waals surface area contributed by atoms with Gasteiger partial charge in [0.1, 0.15) is 48.8 Å². The summed E-state index contributed by atoms with van der Waals surface area (Å²) in [6, 6.07) is 0. The van der Waals surface area contributed by atoms with Gasteiger partial charge in [0.05, 0.1) is 0 Å². The normalized spacial score (nSPS) is 25.1. The smallest absolute Gasteiger partial charge is 0.303 e. The Morgan fingerprint density at radius 3 is 1.29 bits per heavy atom. The highest BCUT2D eigenvalue weighted by Crippen LogP contribution is 2.23. The minimum absolute atomic E-state index is 0.126. The number of carbonyl (C=O) groups excluding carboxylic acids is 4. The van der Waals surface area contributed by atoms with Crippen LogP contribution in [0.1, 0.15) is 55.4 Å². The molecule has 0 unspecified atom stereocenters. The molecule has 0 radical (unpaired) electrons. The van der Waals surface area contributed by atoms with Crippen LogP contribution >= 0.6 is 0 Å². The zero-order chi connectivity index (χ0) is 31.5. The van der Waals surface area contributed by atoms with Gasteiger partial charge in [0, 0.05) is 27.7 Å². The van der Waals surface area contributed by atoms with Crippen molar-refractivity contribution in [3.8, 4) is 23.7 Å². The molecule has 2 rings (SSSR count). The molecule has 6 atom stereocenters. The van der Waals surface area contributed by atoms with Crippen LogP contribution in [-0.2, 0) is 57.1 Å². The van der Waals surface area contributed by atoms with Crippen molar-refractivity contribution in [3.05, 3.63) is 24.3 Å². The summed E-state index contributed by atoms with van der Waals surface area (Å²) >= 11 is 0. The third-order valence-electron chi connectivity index (χ3n) is 5.38. The molecule has 0 N–H and O–H groups in total. The summed E-state index contributed by atoms with van der Waals surface area (Å²) in [4.78, 5) is 45.3. The molecule has 0 saturated heterocycles. The fourth-order valence-electron chi connectivity index (χ4n) is 3.66. The van der Waals surface area contributed by atoms with Crippen molar-refractivity contribution in [1.29, 1.82) is 0 Å². The third-order valence-corrected chi connectivity index (χ3v) is 5.38. The molecule has 0 amide bonds. The fraction of sp³-hybridized carbons (Fsp3) is 0.600. The zero-order valence-electron chi connectivity index (χ0n) is 25.1. The molecular weight excluding hydrogens is 552 g/mol. The lowest BCUT2D eigenvalue weighted by atomic mass is 10.1. The molecule has 2 heterocycles. The van der Waals surface area contributed by atoms with E-state index in [1.165, 1.54) is 27.7 Å². The Hall–Kier alpha value is -3.68. The van der Waals surface area contributed by atoms with Crippen LogP contribution in [0.15, 0.2) is 24.3 Å². The first kappa shape index (κ1) is 34.5. The van der Waals surface area contributed by atoms with E-state index in [-0.39, 0.29) is 13.2 Å². The van der Waals surface area contributed by atoms with Crippen LogP contribution in [0.3, 0.4) is 0 Å². The number of ether oxygens (including phenoxy) is 8. The maximum atomic E-state index is 11.4. The van der Waals surface area contributed by atoms with E-state index in [1.807, 2.05) is 0 Å². The van der Waals surface area contributed by atoms with Gasteiger partial charge in [-0.3, -0.25) is 19.2 Å². The molecular formula is C30H38O12. The van der Waals surface area contributed by atoms with Crippen molar-refractivity contribution in [2.45, 2.75) is 104 Å². The van der Waals surface area contributed by atoms with E-state index in [0.717, 1.165) is 0 Å². The van der Waals surface area contributed by atoms with E-state index in [1.54, 1.807) is 52.0 Å². The summed E-state index contributed by atoms with van der Waals surface area (Å²) in [6.07, 6.45) is 1.70. The predicted molar refractivity (Wildman–Crippen MR) is 146 cm³/mol. The van der Waals surface area contributed by atoms with Crippen molar-refractivity contribution in [2.75, 3.05) is 13.2 Å². The number of esters is 4. The zero-order valence-corrected chi connectivity index (χ0v) is 25.1. The first-order valence-electron chi connectivity index (χ1n) is 13.2. The summed E-state index contributed by atoms with van der Waals surface area (Å²) in [5, 5.41) is 0. The maximum absolute atomic E-state index is 11.4. The van der Waals surface area contributed by atoms with Crippen molar-refractivity contribution >= 4 is 23.9 Å². The topological polar surface area (TPSA) is 142 Å². The largest absolute Gasteiger partial charge is 0.463 e. The number of rotatable bonds is 10. The van der Waals surface area contributed by atoms with Gasteiger partial charge in [-0.05, 0) is 63.8 Å². The van der Waals surface area contributed by atoms with E-state index >= 15 is 0 Å². The predicted octanol–water partition coefficient (Wildman–Crippen LogP) is 2.14. The summed E-state index contributed by atoms with van der Waals surface area (Å²) in [5.74, 6) is 9.35. The van der Waals surface area contributed by atoms with Crippen molar-refractivity contribution < 1.29 is 57.1 Å². The Balaban J connectivity index is 2.02. The standard InChI is InChI=1S/C30H38O12/c1-19(31)35-17-25-23(37-21(3)33)11-13-27(39-25)41-29(5,6)15-9-10-16-30(7,8)42-28-14-12-24(38-22(4)34)26(40-28)18-36-20(2)32/h11-14,23-28H,17-18H2,1-8H3/t23-,24-,25+,26+,27+,28+/m0/s1. The van der Waals surface area contributed by atoms with Gasteiger partial charge in [-0.25, -0.2) is 0 Å². The molecule has 230 valence electrons. The molecule has 0 saturated carbocycles. The summed E-state index contributed by atoms with van der Waals surface area (Å²) in [5.41, 5.74) is -2.00. The second kappa shape index (κ2) is 15.5. The van der Waals surface area contributed by atoms with Crippen LogP contribution in [0.5, 0.6) is 0 Å². The minimum Gasteiger partial charge on any atom is -0.463 e. The second-order valence-electron chi connectivity index (χ2n) is 10.4. The summed E-state index contributed by atoms with van der Waals surface area (Å²) < 4.78 is 44.1. The molecule has 2 aliphatic rings. The molecule has 0 aromatic rings. The minimum atomic E-state index is -1.00. The quantitative estimate of drug-likeness (QED) is 0.159. The van der Waals surface area contributed by atoms with Gasteiger partial charge in [0.15, 0.2) is 12.6 Å². The first-order chi connectivity index (χ1) is 19.5. The van der Waals surface area contributed by atoms with E-state index in [4.69, 9.17) is 37.9 Å². The third kappa shape index (κ3) is 12.9. The first-order valence-corrected chi connectivity index (χ1v) is 13.2. The summed E-state index contributed by atoms with van der Waals surface area (Å²) in [6.45, 7) is 11.7. The van der Waals surface area contributed by atoms with Crippen LogP contribution in [-0.4, -0.2) is 85.3 Å². The highest BCUT2D eigenvalue weighted by molar-refractivity contribution is 5.67. The Kier molecular flexibility index (Phi) is 12.8. The van der Waals surface area contributed by atoms with Crippen LogP contribution in [0.2, 0.25) is 0 Å². The molecule has 12 heteroatoms. The average molecular weight is 591 g/mol. The van der Waals surface area contributed by atoms with Gasteiger partial charge >= 0.3 is 23.9 Å². The van der Waals surface area contributed by atoms with Crippen LogP contribution in [0.4, 0.5) is 0 Å². The lowest BCUT2D eigenvalue weighted by Gasteiger charge is -2.34. The van der Waals surface area contributed by atoms with Gasteiger partial charge in [0.2, 0.25) is 0 Å². The molecule has 0 spiro atoms. The molecule has 0 aromatic carbocycles. The molecule has 0 bridgehead atoms. The SMILES string of the molecule is CC(=O)OC[C@H]1O[C@H](OC(C)(C)C#CC#CC(C)(C)O[C@@H]2C=C[C@H](OC(C)=O)[C@@H](COC(C)=O)O2)C=C[C@@H]1OC(C)=O. The summed E-state index contributed by atoms with van der Waals surface area (Å²) in [7, 11) is 0. The Morgan fingerprint density at radius 1 is 0.619 bits per heavy atom.